The summed E-state index contributed by atoms with van der Waals surface area (Å²) in [5.41, 5.74) is -0.0106. The highest BCUT2D eigenvalue weighted by atomic mass is 35.5. The number of hydrogen-bond donors (Lipinski definition) is 1. The molecule has 1 aliphatic carbocycles. The first-order valence-electron chi connectivity index (χ1n) is 6.25. The van der Waals surface area contributed by atoms with Gasteiger partial charge in [-0.2, -0.15) is 0 Å². The fourth-order valence-electron chi connectivity index (χ4n) is 2.45. The lowest BCUT2D eigenvalue weighted by Gasteiger charge is -2.46. The molecule has 1 heterocycles. The van der Waals surface area contributed by atoms with Crippen LogP contribution in [-0.2, 0) is 4.74 Å². The molecule has 2 nitrogen and oxygen atoms in total. The average Bonchev–Trinajstić information content (AvgIpc) is 2.68. The summed E-state index contributed by atoms with van der Waals surface area (Å²) in [6.07, 6.45) is 4.67. The van der Waals surface area contributed by atoms with E-state index in [0.717, 1.165) is 30.1 Å². The minimum absolute atomic E-state index is 0.0106. The highest BCUT2D eigenvalue weighted by molar-refractivity contribution is 7.16. The summed E-state index contributed by atoms with van der Waals surface area (Å²) in [6.45, 7) is 3.21. The SMILES string of the molecule is CCCNC(c1ccc(Cl)s1)C1(OC)CCC1. The average molecular weight is 274 g/mol. The summed E-state index contributed by atoms with van der Waals surface area (Å²) >= 11 is 7.70. The van der Waals surface area contributed by atoms with Gasteiger partial charge in [0.05, 0.1) is 16.0 Å². The van der Waals surface area contributed by atoms with Gasteiger partial charge in [-0.1, -0.05) is 18.5 Å². The van der Waals surface area contributed by atoms with Crippen molar-refractivity contribution in [3.8, 4) is 0 Å². The van der Waals surface area contributed by atoms with E-state index in [1.807, 2.05) is 13.2 Å². The van der Waals surface area contributed by atoms with Gasteiger partial charge in [0.2, 0.25) is 0 Å². The molecule has 1 N–H and O–H groups in total. The van der Waals surface area contributed by atoms with E-state index >= 15 is 0 Å². The molecular formula is C13H20ClNOS. The Morgan fingerprint density at radius 1 is 1.53 bits per heavy atom. The summed E-state index contributed by atoms with van der Waals surface area (Å²) in [6, 6.07) is 4.39. The van der Waals surface area contributed by atoms with Crippen LogP contribution >= 0.6 is 22.9 Å². The van der Waals surface area contributed by atoms with Crippen LogP contribution in [0.2, 0.25) is 4.34 Å². The number of thiophene rings is 1. The normalized spacial score (nSPS) is 19.9. The molecule has 96 valence electrons. The smallest absolute Gasteiger partial charge is 0.0931 e. The molecule has 0 aliphatic heterocycles. The van der Waals surface area contributed by atoms with Gasteiger partial charge in [-0.15, -0.1) is 11.3 Å². The van der Waals surface area contributed by atoms with Crippen LogP contribution in [0, 0.1) is 0 Å². The van der Waals surface area contributed by atoms with Gasteiger partial charge in [0.15, 0.2) is 0 Å². The molecule has 0 bridgehead atoms. The second kappa shape index (κ2) is 5.70. The van der Waals surface area contributed by atoms with Crippen LogP contribution in [0.5, 0.6) is 0 Å². The molecule has 1 aromatic rings. The predicted molar refractivity (Wildman–Crippen MR) is 74.0 cm³/mol. The molecule has 0 radical (unpaired) electrons. The quantitative estimate of drug-likeness (QED) is 0.846. The van der Waals surface area contributed by atoms with Crippen molar-refractivity contribution in [1.82, 2.24) is 5.32 Å². The van der Waals surface area contributed by atoms with Crippen LogP contribution < -0.4 is 5.32 Å². The zero-order valence-corrected chi connectivity index (χ0v) is 12.0. The van der Waals surface area contributed by atoms with Gasteiger partial charge in [-0.3, -0.25) is 0 Å². The molecule has 1 unspecified atom stereocenters. The maximum atomic E-state index is 6.04. The number of methoxy groups -OCH3 is 1. The first kappa shape index (κ1) is 13.3. The molecule has 4 heteroatoms. The van der Waals surface area contributed by atoms with E-state index in [2.05, 4.69) is 18.3 Å². The zero-order valence-electron chi connectivity index (χ0n) is 10.5. The number of hydrogen-bond acceptors (Lipinski definition) is 3. The molecule has 0 saturated heterocycles. The second-order valence-corrected chi connectivity index (χ2v) is 6.40. The fourth-order valence-corrected chi connectivity index (χ4v) is 3.70. The van der Waals surface area contributed by atoms with Gasteiger partial charge < -0.3 is 10.1 Å². The molecule has 1 saturated carbocycles. The largest absolute Gasteiger partial charge is 0.376 e. The van der Waals surface area contributed by atoms with Crippen LogP contribution in [0.15, 0.2) is 12.1 Å². The molecule has 0 amide bonds. The Labute approximate surface area is 112 Å². The first-order chi connectivity index (χ1) is 8.22. The Morgan fingerprint density at radius 3 is 2.71 bits per heavy atom. The van der Waals surface area contributed by atoms with Gasteiger partial charge >= 0.3 is 0 Å². The Bertz CT molecular complexity index is 357. The molecule has 1 aromatic heterocycles. The van der Waals surface area contributed by atoms with Crippen LogP contribution in [0.1, 0.15) is 43.5 Å². The van der Waals surface area contributed by atoms with E-state index in [0.29, 0.717) is 6.04 Å². The summed E-state index contributed by atoms with van der Waals surface area (Å²) in [5.74, 6) is 0. The van der Waals surface area contributed by atoms with Crippen molar-refractivity contribution >= 4 is 22.9 Å². The second-order valence-electron chi connectivity index (χ2n) is 4.65. The van der Waals surface area contributed by atoms with Crippen molar-refractivity contribution < 1.29 is 4.74 Å². The number of halogens is 1. The van der Waals surface area contributed by atoms with Gasteiger partial charge in [-0.05, 0) is 44.4 Å². The van der Waals surface area contributed by atoms with Crippen molar-refractivity contribution in [2.45, 2.75) is 44.2 Å². The van der Waals surface area contributed by atoms with E-state index in [-0.39, 0.29) is 5.60 Å². The van der Waals surface area contributed by atoms with Crippen molar-refractivity contribution in [1.29, 1.82) is 0 Å². The summed E-state index contributed by atoms with van der Waals surface area (Å²) in [4.78, 5) is 1.30. The lowest BCUT2D eigenvalue weighted by Crippen LogP contribution is -2.50. The topological polar surface area (TPSA) is 21.3 Å². The summed E-state index contributed by atoms with van der Waals surface area (Å²) in [7, 11) is 1.83. The number of ether oxygens (including phenoxy) is 1. The van der Waals surface area contributed by atoms with Crippen LogP contribution in [-0.4, -0.2) is 19.3 Å². The number of nitrogens with one attached hydrogen (secondary N) is 1. The first-order valence-corrected chi connectivity index (χ1v) is 7.45. The molecular weight excluding hydrogens is 254 g/mol. The van der Waals surface area contributed by atoms with Crippen molar-refractivity contribution in [3.05, 3.63) is 21.3 Å². The van der Waals surface area contributed by atoms with Gasteiger partial charge in [0.25, 0.3) is 0 Å². The third-order valence-electron chi connectivity index (χ3n) is 3.61. The van der Waals surface area contributed by atoms with E-state index in [4.69, 9.17) is 16.3 Å². The van der Waals surface area contributed by atoms with E-state index in [9.17, 15) is 0 Å². The van der Waals surface area contributed by atoms with Crippen molar-refractivity contribution in [3.63, 3.8) is 0 Å². The fraction of sp³-hybridized carbons (Fsp3) is 0.692. The van der Waals surface area contributed by atoms with Crippen molar-refractivity contribution in [2.75, 3.05) is 13.7 Å². The molecule has 1 fully saturated rings. The minimum atomic E-state index is -0.0106. The molecule has 17 heavy (non-hydrogen) atoms. The highest BCUT2D eigenvalue weighted by Crippen LogP contribution is 2.46. The lowest BCUT2D eigenvalue weighted by atomic mass is 9.74. The Hall–Kier alpha value is -0.0900. The van der Waals surface area contributed by atoms with Gasteiger partial charge in [0.1, 0.15) is 0 Å². The Balaban J connectivity index is 2.18. The van der Waals surface area contributed by atoms with E-state index in [1.54, 1.807) is 11.3 Å². The van der Waals surface area contributed by atoms with E-state index in [1.165, 1.54) is 11.3 Å². The molecule has 0 spiro atoms. The predicted octanol–water partition coefficient (Wildman–Crippen LogP) is 4.01. The summed E-state index contributed by atoms with van der Waals surface area (Å²) < 4.78 is 6.65. The maximum Gasteiger partial charge on any atom is 0.0931 e. The van der Waals surface area contributed by atoms with Crippen LogP contribution in [0.25, 0.3) is 0 Å². The van der Waals surface area contributed by atoms with Gasteiger partial charge in [0, 0.05) is 12.0 Å². The Morgan fingerprint density at radius 2 is 2.29 bits per heavy atom. The maximum absolute atomic E-state index is 6.04. The monoisotopic (exact) mass is 273 g/mol. The Kier molecular flexibility index (Phi) is 4.47. The van der Waals surface area contributed by atoms with Crippen LogP contribution in [0.4, 0.5) is 0 Å². The molecule has 1 atom stereocenters. The molecule has 1 aliphatic rings. The summed E-state index contributed by atoms with van der Waals surface area (Å²) in [5, 5.41) is 3.62. The third kappa shape index (κ3) is 2.68. The zero-order chi connectivity index (χ0) is 12.3. The van der Waals surface area contributed by atoms with Crippen molar-refractivity contribution in [2.24, 2.45) is 0 Å². The standard InChI is InChI=1S/C13H20ClNOS/c1-3-9-15-12(10-5-6-11(14)17-10)13(16-2)7-4-8-13/h5-6,12,15H,3-4,7-9H2,1-2H3. The number of rotatable bonds is 6. The minimum Gasteiger partial charge on any atom is -0.376 e. The third-order valence-corrected chi connectivity index (χ3v) is 4.91. The lowest BCUT2D eigenvalue weighted by molar-refractivity contribution is -0.0989. The van der Waals surface area contributed by atoms with E-state index < -0.39 is 0 Å². The van der Waals surface area contributed by atoms with Gasteiger partial charge in [-0.25, -0.2) is 0 Å². The van der Waals surface area contributed by atoms with Crippen LogP contribution in [0.3, 0.4) is 0 Å². The highest BCUT2D eigenvalue weighted by Gasteiger charge is 2.45. The molecule has 2 rings (SSSR count). The molecule has 0 aromatic carbocycles.